The number of allylic oxidation sites excluding steroid dienone is 3. The number of likely N-dealkylation sites (N-methyl/N-ethyl adjacent to an activating group) is 1. The maximum absolute atomic E-state index is 14.1. The van der Waals surface area contributed by atoms with E-state index in [4.69, 9.17) is 25.8 Å². The molecule has 4 bridgehead atoms. The van der Waals surface area contributed by atoms with Crippen LogP contribution in [0.25, 0.3) is 0 Å². The number of fused-ring (bicyclic) bond motifs is 5. The molecule has 8 atom stereocenters. The van der Waals surface area contributed by atoms with Crippen molar-refractivity contribution < 1.29 is 38.5 Å². The monoisotopic (exact) mass is 757 g/mol. The molecule has 294 valence electrons. The SMILES string of the molecule is C/C1=C\C=C\C(C)C2(O)CC(OC(=O)N2)C(C)C2OC2(C)C(OC(=O)[C@H](C)N(C)C(=O)CCC(C)(C)C(C)C)CC(=O)N(C)c2cc(cc(C)c2Cl)C1. The van der Waals surface area contributed by atoms with Gasteiger partial charge in [0.25, 0.3) is 0 Å². The second kappa shape index (κ2) is 16.1. The summed E-state index contributed by atoms with van der Waals surface area (Å²) in [4.78, 5) is 56.9. The topological polar surface area (TPSA) is 138 Å². The van der Waals surface area contributed by atoms with Gasteiger partial charge in [0, 0.05) is 38.8 Å². The van der Waals surface area contributed by atoms with Crippen LogP contribution in [0.15, 0.2) is 35.9 Å². The molecule has 11 nitrogen and oxygen atoms in total. The van der Waals surface area contributed by atoms with Crippen LogP contribution in [0.5, 0.6) is 0 Å². The van der Waals surface area contributed by atoms with Crippen molar-refractivity contribution in [2.45, 2.75) is 137 Å². The first kappa shape index (κ1) is 42.3. The van der Waals surface area contributed by atoms with Gasteiger partial charge in [-0.3, -0.25) is 14.9 Å². The largest absolute Gasteiger partial charge is 0.457 e. The van der Waals surface area contributed by atoms with E-state index in [0.29, 0.717) is 29.5 Å². The minimum Gasteiger partial charge on any atom is -0.457 e. The molecule has 0 aliphatic carbocycles. The number of ether oxygens (including phenoxy) is 3. The van der Waals surface area contributed by atoms with Crippen LogP contribution in [0.2, 0.25) is 5.02 Å². The Bertz CT molecular complexity index is 1640. The molecule has 2 N–H and O–H groups in total. The Hall–Kier alpha value is -3.41. The van der Waals surface area contributed by atoms with Crippen LogP contribution < -0.4 is 10.2 Å². The summed E-state index contributed by atoms with van der Waals surface area (Å²) >= 11 is 6.79. The number of anilines is 1. The maximum atomic E-state index is 14.1. The van der Waals surface area contributed by atoms with E-state index in [0.717, 1.165) is 16.7 Å². The summed E-state index contributed by atoms with van der Waals surface area (Å²) in [6.45, 7) is 19.4. The number of nitrogens with zero attached hydrogens (tertiary/aromatic N) is 2. The van der Waals surface area contributed by atoms with Crippen LogP contribution in [0.4, 0.5) is 10.5 Å². The number of carbonyl (C=O) groups excluding carboxylic acids is 4. The minimum atomic E-state index is -1.59. The Labute approximate surface area is 320 Å². The third kappa shape index (κ3) is 9.46. The van der Waals surface area contributed by atoms with E-state index in [1.165, 1.54) is 9.80 Å². The second-order valence-corrected chi connectivity index (χ2v) is 17.2. The van der Waals surface area contributed by atoms with Crippen molar-refractivity contribution in [3.63, 3.8) is 0 Å². The van der Waals surface area contributed by atoms with Crippen molar-refractivity contribution in [1.29, 1.82) is 0 Å². The van der Waals surface area contributed by atoms with Gasteiger partial charge in [0.1, 0.15) is 29.6 Å². The number of hydrogen-bond acceptors (Lipinski definition) is 8. The normalized spacial score (nSPS) is 31.7. The molecule has 1 aromatic rings. The quantitative estimate of drug-likeness (QED) is 0.227. The molecule has 3 amide bonds. The van der Waals surface area contributed by atoms with Gasteiger partial charge in [-0.15, -0.1) is 0 Å². The molecule has 0 radical (unpaired) electrons. The van der Waals surface area contributed by atoms with Gasteiger partial charge in [-0.25, -0.2) is 9.59 Å². The molecule has 12 heteroatoms. The van der Waals surface area contributed by atoms with Crippen LogP contribution >= 0.6 is 11.6 Å². The standard InChI is InChI=1S/C41H60ClN3O8/c1-23(2)39(8,9)17-16-33(46)44(11)28(7)37(48)52-32-21-34(47)45(12)30-20-29(19-25(4)35(30)42)18-24(3)14-13-15-26(5)41(50)22-31(51-38(49)43-41)27(6)36-40(32,10)53-36/h13-15,19-20,23,26-28,31-32,36,50H,16-18,21-22H2,1-12H3,(H,43,49)/b15-13+,24-14+/t26?,27?,28-,31?,32?,36?,40?,41?/m0/s1. The highest BCUT2D eigenvalue weighted by Crippen LogP contribution is 2.49. The summed E-state index contributed by atoms with van der Waals surface area (Å²) in [6.07, 6.45) is 3.85. The molecule has 3 aliphatic rings. The van der Waals surface area contributed by atoms with Crippen molar-refractivity contribution in [2.24, 2.45) is 23.2 Å². The predicted octanol–water partition coefficient (Wildman–Crippen LogP) is 6.90. The number of halogens is 1. The fourth-order valence-corrected chi connectivity index (χ4v) is 7.29. The van der Waals surface area contributed by atoms with E-state index < -0.39 is 59.6 Å². The smallest absolute Gasteiger partial charge is 0.409 e. The molecule has 3 heterocycles. The lowest BCUT2D eigenvalue weighted by Gasteiger charge is -2.41. The van der Waals surface area contributed by atoms with E-state index in [9.17, 15) is 24.3 Å². The summed E-state index contributed by atoms with van der Waals surface area (Å²) in [5, 5.41) is 14.7. The highest BCUT2D eigenvalue weighted by atomic mass is 35.5. The highest BCUT2D eigenvalue weighted by Gasteiger charge is 2.64. The lowest BCUT2D eigenvalue weighted by Crippen LogP contribution is -2.60. The number of alkyl carbamates (subject to hydrolysis) is 1. The van der Waals surface area contributed by atoms with E-state index in [1.807, 2.05) is 58.1 Å². The van der Waals surface area contributed by atoms with Gasteiger partial charge < -0.3 is 29.1 Å². The molecule has 53 heavy (non-hydrogen) atoms. The summed E-state index contributed by atoms with van der Waals surface area (Å²) in [6, 6.07) is 2.93. The Morgan fingerprint density at radius 2 is 1.85 bits per heavy atom. The molecule has 2 fully saturated rings. The Kier molecular flexibility index (Phi) is 12.9. The average molecular weight is 758 g/mol. The van der Waals surface area contributed by atoms with Gasteiger partial charge in [0.05, 0.1) is 23.2 Å². The van der Waals surface area contributed by atoms with Crippen molar-refractivity contribution in [3.8, 4) is 0 Å². The van der Waals surface area contributed by atoms with Crippen LogP contribution in [0, 0.1) is 30.1 Å². The molecule has 0 aromatic heterocycles. The summed E-state index contributed by atoms with van der Waals surface area (Å²) in [5.74, 6) is -1.76. The molecule has 3 aliphatic heterocycles. The van der Waals surface area contributed by atoms with Crippen molar-refractivity contribution in [2.75, 3.05) is 19.0 Å². The number of epoxide rings is 1. The number of aryl methyl sites for hydroxylation is 1. The molecule has 0 saturated carbocycles. The maximum Gasteiger partial charge on any atom is 0.409 e. The van der Waals surface area contributed by atoms with Crippen LogP contribution in [0.3, 0.4) is 0 Å². The zero-order valence-corrected chi connectivity index (χ0v) is 34.3. The fraction of sp³-hybridized carbons (Fsp3) is 0.659. The van der Waals surface area contributed by atoms with E-state index in [1.54, 1.807) is 27.9 Å². The van der Waals surface area contributed by atoms with Gasteiger partial charge in [0.15, 0.2) is 0 Å². The highest BCUT2D eigenvalue weighted by molar-refractivity contribution is 6.34. The van der Waals surface area contributed by atoms with Crippen LogP contribution in [-0.4, -0.2) is 83.7 Å². The second-order valence-electron chi connectivity index (χ2n) is 16.8. The van der Waals surface area contributed by atoms with Crippen LogP contribution in [-0.2, 0) is 35.0 Å². The predicted molar refractivity (Wildman–Crippen MR) is 205 cm³/mol. The number of amides is 3. The lowest BCUT2D eigenvalue weighted by molar-refractivity contribution is -0.162. The van der Waals surface area contributed by atoms with E-state index in [-0.39, 0.29) is 36.5 Å². The van der Waals surface area contributed by atoms with Gasteiger partial charge in [-0.05, 0) is 69.1 Å². The Morgan fingerprint density at radius 3 is 2.49 bits per heavy atom. The third-order valence-electron chi connectivity index (χ3n) is 12.2. The first-order valence-electron chi connectivity index (χ1n) is 18.7. The Morgan fingerprint density at radius 1 is 1.19 bits per heavy atom. The number of esters is 1. The van der Waals surface area contributed by atoms with Gasteiger partial charge in [-0.1, -0.05) is 83.0 Å². The summed E-state index contributed by atoms with van der Waals surface area (Å²) in [7, 11) is 3.22. The number of benzene rings is 1. The lowest BCUT2D eigenvalue weighted by atomic mass is 9.77. The van der Waals surface area contributed by atoms with E-state index in [2.05, 4.69) is 33.0 Å². The summed E-state index contributed by atoms with van der Waals surface area (Å²) in [5.41, 5.74) is 0.504. The molecule has 7 unspecified atom stereocenters. The van der Waals surface area contributed by atoms with Crippen molar-refractivity contribution in [1.82, 2.24) is 10.2 Å². The number of aliphatic hydroxyl groups is 1. The fourth-order valence-electron chi connectivity index (χ4n) is 7.05. The molecule has 4 rings (SSSR count). The first-order chi connectivity index (χ1) is 24.5. The number of carbonyl (C=O) groups is 4. The number of hydrogen-bond donors (Lipinski definition) is 2. The average Bonchev–Trinajstić information content (AvgIpc) is 3.78. The van der Waals surface area contributed by atoms with Gasteiger partial charge in [-0.2, -0.15) is 0 Å². The van der Waals surface area contributed by atoms with E-state index >= 15 is 0 Å². The molecular formula is C41H60ClN3O8. The molecule has 2 saturated heterocycles. The van der Waals surface area contributed by atoms with Crippen molar-refractivity contribution >= 4 is 41.2 Å². The number of rotatable bonds is 7. The van der Waals surface area contributed by atoms with Gasteiger partial charge in [0.2, 0.25) is 11.8 Å². The molecular weight excluding hydrogens is 698 g/mol. The van der Waals surface area contributed by atoms with Crippen LogP contribution in [0.1, 0.15) is 99.1 Å². The third-order valence-corrected chi connectivity index (χ3v) is 12.7. The number of nitrogens with one attached hydrogen (secondary N) is 1. The zero-order valence-electron chi connectivity index (χ0n) is 33.5. The van der Waals surface area contributed by atoms with Crippen molar-refractivity contribution in [3.05, 3.63) is 52.1 Å². The zero-order chi connectivity index (χ0) is 39.8. The molecule has 1 aromatic carbocycles. The Balaban J connectivity index is 1.69. The molecule has 0 spiro atoms. The first-order valence-corrected chi connectivity index (χ1v) is 19.1. The minimum absolute atomic E-state index is 0.0544. The summed E-state index contributed by atoms with van der Waals surface area (Å²) < 4.78 is 18.1. The van der Waals surface area contributed by atoms with Gasteiger partial charge >= 0.3 is 12.1 Å².